The normalized spacial score (nSPS) is 13.1. The van der Waals surface area contributed by atoms with Gasteiger partial charge in [0.05, 0.1) is 4.90 Å². The lowest BCUT2D eigenvalue weighted by atomic mass is 9.98. The Labute approximate surface area is 127 Å². The van der Waals surface area contributed by atoms with Gasteiger partial charge in [0.15, 0.2) is 0 Å². The molecule has 0 aliphatic rings. The summed E-state index contributed by atoms with van der Waals surface area (Å²) in [6, 6.07) is 2.02. The predicted molar refractivity (Wildman–Crippen MR) is 85.6 cm³/mol. The molecule has 0 aliphatic carbocycles. The van der Waals surface area contributed by atoms with Crippen LogP contribution >= 0.6 is 11.3 Å². The summed E-state index contributed by atoms with van der Waals surface area (Å²) in [6.07, 6.45) is 1.54. The van der Waals surface area contributed by atoms with E-state index >= 15 is 0 Å². The monoisotopic (exact) mass is 318 g/mol. The Morgan fingerprint density at radius 3 is 2.40 bits per heavy atom. The topological polar surface area (TPSA) is 58.2 Å². The molecule has 0 saturated carbocycles. The van der Waals surface area contributed by atoms with Crippen LogP contribution in [0, 0.1) is 0 Å². The predicted octanol–water partition coefficient (Wildman–Crippen LogP) is 3.10. The number of hydrogen-bond donors (Lipinski definition) is 2. The number of sulfonamides is 1. The van der Waals surface area contributed by atoms with Gasteiger partial charge in [0.1, 0.15) is 0 Å². The Kier molecular flexibility index (Phi) is 6.19. The molecular weight excluding hydrogens is 292 g/mol. The molecule has 0 aliphatic heterocycles. The fraction of sp³-hybridized carbons (Fsp3) is 0.714. The molecule has 1 rings (SSSR count). The minimum atomic E-state index is -3.46. The molecule has 0 atom stereocenters. The van der Waals surface area contributed by atoms with Crippen molar-refractivity contribution >= 4 is 21.4 Å². The Hall–Kier alpha value is -0.430. The van der Waals surface area contributed by atoms with Gasteiger partial charge < -0.3 is 5.32 Å². The molecule has 0 amide bonds. The average Bonchev–Trinajstić information content (AvgIpc) is 2.85. The van der Waals surface area contributed by atoms with Gasteiger partial charge in [-0.2, -0.15) is 0 Å². The number of rotatable bonds is 8. The summed E-state index contributed by atoms with van der Waals surface area (Å²) in [7, 11) is -3.46. The molecule has 0 saturated heterocycles. The van der Waals surface area contributed by atoms with Crippen molar-refractivity contribution in [1.82, 2.24) is 10.0 Å². The zero-order chi connectivity index (χ0) is 15.4. The minimum Gasteiger partial charge on any atom is -0.310 e. The molecule has 6 heteroatoms. The summed E-state index contributed by atoms with van der Waals surface area (Å²) < 4.78 is 28.0. The first-order valence-electron chi connectivity index (χ1n) is 7.08. The molecule has 0 fully saturated rings. The number of hydrogen-bond acceptors (Lipinski definition) is 4. The van der Waals surface area contributed by atoms with Crippen molar-refractivity contribution in [2.24, 2.45) is 0 Å². The molecule has 2 N–H and O–H groups in total. The van der Waals surface area contributed by atoms with E-state index in [1.54, 1.807) is 6.07 Å². The maximum Gasteiger partial charge on any atom is 0.242 e. The van der Waals surface area contributed by atoms with Crippen molar-refractivity contribution in [2.75, 3.05) is 0 Å². The van der Waals surface area contributed by atoms with Gasteiger partial charge in [-0.1, -0.05) is 27.7 Å². The second-order valence-electron chi connectivity index (χ2n) is 5.62. The van der Waals surface area contributed by atoms with Crippen LogP contribution in [0.2, 0.25) is 0 Å². The van der Waals surface area contributed by atoms with E-state index in [0.717, 1.165) is 17.7 Å². The Morgan fingerprint density at radius 1 is 1.30 bits per heavy atom. The van der Waals surface area contributed by atoms with Gasteiger partial charge in [0.25, 0.3) is 0 Å². The summed E-state index contributed by atoms with van der Waals surface area (Å²) in [5.74, 6) is 0. The zero-order valence-electron chi connectivity index (χ0n) is 13.0. The first-order valence-corrected chi connectivity index (χ1v) is 9.44. The number of nitrogens with one attached hydrogen (secondary N) is 2. The van der Waals surface area contributed by atoms with E-state index in [2.05, 4.69) is 10.0 Å². The minimum absolute atomic E-state index is 0.331. The van der Waals surface area contributed by atoms with Gasteiger partial charge in [-0.05, 0) is 31.2 Å². The third-order valence-corrected chi connectivity index (χ3v) is 6.38. The van der Waals surface area contributed by atoms with E-state index in [4.69, 9.17) is 0 Å². The van der Waals surface area contributed by atoms with Crippen molar-refractivity contribution in [3.8, 4) is 0 Å². The van der Waals surface area contributed by atoms with Gasteiger partial charge in [0, 0.05) is 23.0 Å². The highest BCUT2D eigenvalue weighted by Gasteiger charge is 2.29. The largest absolute Gasteiger partial charge is 0.310 e. The lowest BCUT2D eigenvalue weighted by Gasteiger charge is -2.27. The van der Waals surface area contributed by atoms with Crippen LogP contribution in [0.4, 0.5) is 0 Å². The van der Waals surface area contributed by atoms with E-state index in [9.17, 15) is 8.42 Å². The van der Waals surface area contributed by atoms with Crippen molar-refractivity contribution in [3.63, 3.8) is 0 Å². The smallest absolute Gasteiger partial charge is 0.242 e. The highest BCUT2D eigenvalue weighted by atomic mass is 32.2. The summed E-state index contributed by atoms with van der Waals surface area (Å²) in [4.78, 5) is 1.27. The van der Waals surface area contributed by atoms with Crippen molar-refractivity contribution in [1.29, 1.82) is 0 Å². The highest BCUT2D eigenvalue weighted by Crippen LogP contribution is 2.25. The first kappa shape index (κ1) is 17.6. The average molecular weight is 319 g/mol. The van der Waals surface area contributed by atoms with Gasteiger partial charge in [0.2, 0.25) is 10.0 Å². The Morgan fingerprint density at radius 2 is 1.90 bits per heavy atom. The van der Waals surface area contributed by atoms with Gasteiger partial charge in [-0.3, -0.25) is 0 Å². The molecule has 20 heavy (non-hydrogen) atoms. The van der Waals surface area contributed by atoms with Gasteiger partial charge >= 0.3 is 0 Å². The van der Waals surface area contributed by atoms with Crippen molar-refractivity contribution in [3.05, 3.63) is 16.3 Å². The quantitative estimate of drug-likeness (QED) is 0.774. The maximum absolute atomic E-state index is 12.6. The molecule has 0 bridgehead atoms. The van der Waals surface area contributed by atoms with E-state index in [1.807, 2.05) is 40.0 Å². The highest BCUT2D eigenvalue weighted by molar-refractivity contribution is 7.89. The second kappa shape index (κ2) is 7.02. The van der Waals surface area contributed by atoms with E-state index < -0.39 is 10.0 Å². The SMILES string of the molecule is CCC(C)(CC)NS(=O)(=O)c1ccsc1CNC(C)C. The molecule has 1 aromatic heterocycles. The van der Waals surface area contributed by atoms with E-state index in [-0.39, 0.29) is 5.54 Å². The van der Waals surface area contributed by atoms with E-state index in [1.165, 1.54) is 11.3 Å². The Balaban J connectivity index is 2.96. The van der Waals surface area contributed by atoms with Crippen LogP contribution in [0.25, 0.3) is 0 Å². The third kappa shape index (κ3) is 4.55. The van der Waals surface area contributed by atoms with E-state index in [0.29, 0.717) is 17.5 Å². The van der Waals surface area contributed by atoms with Crippen LogP contribution in [0.5, 0.6) is 0 Å². The van der Waals surface area contributed by atoms with Gasteiger partial charge in [-0.25, -0.2) is 13.1 Å². The summed E-state index contributed by atoms with van der Waals surface area (Å²) in [6.45, 7) is 10.6. The van der Waals surface area contributed by atoms with Crippen LogP contribution in [-0.4, -0.2) is 20.0 Å². The van der Waals surface area contributed by atoms with Crippen LogP contribution in [0.15, 0.2) is 16.3 Å². The fourth-order valence-corrected chi connectivity index (χ4v) is 4.71. The molecule has 0 aromatic carbocycles. The molecule has 0 radical (unpaired) electrons. The Bertz CT molecular complexity index is 517. The van der Waals surface area contributed by atoms with Crippen LogP contribution in [0.1, 0.15) is 52.3 Å². The summed E-state index contributed by atoms with van der Waals surface area (Å²) in [5.41, 5.74) is -0.385. The lowest BCUT2D eigenvalue weighted by molar-refractivity contribution is 0.388. The van der Waals surface area contributed by atoms with Crippen LogP contribution < -0.4 is 10.0 Å². The molecule has 4 nitrogen and oxygen atoms in total. The third-order valence-electron chi connectivity index (χ3n) is 3.61. The molecular formula is C14H26N2O2S2. The molecule has 0 unspecified atom stereocenters. The van der Waals surface area contributed by atoms with Gasteiger partial charge in [-0.15, -0.1) is 11.3 Å². The second-order valence-corrected chi connectivity index (χ2v) is 8.27. The standard InChI is InChI=1S/C14H26N2O2S2/c1-6-14(5,7-2)16-20(17,18)13-8-9-19-12(13)10-15-11(3)4/h8-9,11,15-16H,6-7,10H2,1-5H3. The molecule has 1 heterocycles. The van der Waals surface area contributed by atoms with Crippen LogP contribution in [0.3, 0.4) is 0 Å². The maximum atomic E-state index is 12.6. The lowest BCUT2D eigenvalue weighted by Crippen LogP contribution is -2.45. The first-order chi connectivity index (χ1) is 9.24. The zero-order valence-corrected chi connectivity index (χ0v) is 14.6. The summed E-state index contributed by atoms with van der Waals surface area (Å²) in [5, 5.41) is 5.10. The molecule has 1 aromatic rings. The van der Waals surface area contributed by atoms with Crippen molar-refractivity contribution in [2.45, 2.75) is 70.5 Å². The fourth-order valence-electron chi connectivity index (χ4n) is 1.77. The molecule has 116 valence electrons. The molecule has 0 spiro atoms. The van der Waals surface area contributed by atoms with Crippen molar-refractivity contribution < 1.29 is 8.42 Å². The number of thiophene rings is 1. The van der Waals surface area contributed by atoms with Crippen LogP contribution in [-0.2, 0) is 16.6 Å². The summed E-state index contributed by atoms with van der Waals surface area (Å²) >= 11 is 1.48.